The summed E-state index contributed by atoms with van der Waals surface area (Å²) in [6.07, 6.45) is 0. The van der Waals surface area contributed by atoms with Crippen LogP contribution in [0.3, 0.4) is 0 Å². The first kappa shape index (κ1) is 19.9. The summed E-state index contributed by atoms with van der Waals surface area (Å²) in [5, 5.41) is 14.3. The molecule has 4 N–H and O–H groups in total. The Morgan fingerprint density at radius 1 is 0.897 bits per heavy atom. The number of carbonyl (C=O) groups excluding carboxylic acids is 2. The number of rotatable bonds is 6. The van der Waals surface area contributed by atoms with E-state index in [0.29, 0.717) is 22.7 Å². The van der Waals surface area contributed by atoms with E-state index in [0.717, 1.165) is 5.56 Å². The van der Waals surface area contributed by atoms with Crippen LogP contribution in [-0.4, -0.2) is 17.1 Å². The molecule has 1 atom stereocenters. The van der Waals surface area contributed by atoms with E-state index in [-0.39, 0.29) is 6.04 Å². The number of ether oxygens (including phenoxy) is 1. The molecule has 0 aliphatic rings. The van der Waals surface area contributed by atoms with E-state index in [4.69, 9.17) is 9.94 Å². The fourth-order valence-electron chi connectivity index (χ4n) is 2.70. The van der Waals surface area contributed by atoms with Crippen molar-refractivity contribution in [2.45, 2.75) is 13.0 Å². The van der Waals surface area contributed by atoms with Crippen LogP contribution in [-0.2, 0) is 0 Å². The first-order valence-electron chi connectivity index (χ1n) is 9.00. The molecule has 0 radical (unpaired) electrons. The monoisotopic (exact) mass is 391 g/mol. The molecule has 7 nitrogen and oxygen atoms in total. The molecule has 0 spiro atoms. The summed E-state index contributed by atoms with van der Waals surface area (Å²) >= 11 is 0. The molecule has 0 aliphatic carbocycles. The Balaban J connectivity index is 1.64. The lowest BCUT2D eigenvalue weighted by Crippen LogP contribution is -2.31. The van der Waals surface area contributed by atoms with Gasteiger partial charge in [0.2, 0.25) is 0 Å². The third-order valence-corrected chi connectivity index (χ3v) is 4.23. The molecule has 3 amide bonds. The summed E-state index contributed by atoms with van der Waals surface area (Å²) in [4.78, 5) is 23.8. The predicted molar refractivity (Wildman–Crippen MR) is 109 cm³/mol. The minimum Gasteiger partial charge on any atom is -0.455 e. The topological polar surface area (TPSA) is 99.7 Å². The van der Waals surface area contributed by atoms with Crippen LogP contribution in [0.4, 0.5) is 10.5 Å². The van der Waals surface area contributed by atoms with Gasteiger partial charge in [-0.2, -0.15) is 0 Å². The standard InChI is InChI=1S/C22H21N3O4/c1-15(16-11-13-17(14-12-16)21(26)25-28)23-22(27)24-19-9-5-6-10-20(19)29-18-7-3-2-4-8-18/h2-15,28H,1H3,(H,25,26)(H2,23,24,27). The fourth-order valence-corrected chi connectivity index (χ4v) is 2.70. The van der Waals surface area contributed by atoms with E-state index in [9.17, 15) is 9.59 Å². The van der Waals surface area contributed by atoms with Crippen molar-refractivity contribution >= 4 is 17.6 Å². The Morgan fingerprint density at radius 2 is 1.55 bits per heavy atom. The molecule has 0 fully saturated rings. The Kier molecular flexibility index (Phi) is 6.44. The number of hydroxylamine groups is 1. The van der Waals surface area contributed by atoms with E-state index in [1.165, 1.54) is 0 Å². The molecule has 1 unspecified atom stereocenters. The summed E-state index contributed by atoms with van der Waals surface area (Å²) in [6, 6.07) is 22.3. The molecule has 29 heavy (non-hydrogen) atoms. The highest BCUT2D eigenvalue weighted by atomic mass is 16.5. The molecule has 3 aromatic rings. The molecule has 3 aromatic carbocycles. The van der Waals surface area contributed by atoms with E-state index in [2.05, 4.69) is 10.6 Å². The third-order valence-electron chi connectivity index (χ3n) is 4.23. The maximum atomic E-state index is 12.4. The van der Waals surface area contributed by atoms with Crippen molar-refractivity contribution in [2.24, 2.45) is 0 Å². The molecule has 3 rings (SSSR count). The number of para-hydroxylation sites is 3. The van der Waals surface area contributed by atoms with E-state index < -0.39 is 11.9 Å². The molecule has 148 valence electrons. The summed E-state index contributed by atoms with van der Waals surface area (Å²) in [6.45, 7) is 1.83. The second-order valence-electron chi connectivity index (χ2n) is 6.29. The second kappa shape index (κ2) is 9.38. The number of anilines is 1. The van der Waals surface area contributed by atoms with Gasteiger partial charge in [0.05, 0.1) is 11.7 Å². The molecular formula is C22H21N3O4. The van der Waals surface area contributed by atoms with Crippen LogP contribution >= 0.6 is 0 Å². The number of urea groups is 1. The number of benzene rings is 3. The van der Waals surface area contributed by atoms with Gasteiger partial charge in [-0.1, -0.05) is 42.5 Å². The van der Waals surface area contributed by atoms with Gasteiger partial charge in [0.25, 0.3) is 5.91 Å². The van der Waals surface area contributed by atoms with Crippen LogP contribution in [0, 0.1) is 0 Å². The minimum atomic E-state index is -0.593. The Hall–Kier alpha value is -3.84. The van der Waals surface area contributed by atoms with Crippen molar-refractivity contribution in [3.8, 4) is 11.5 Å². The zero-order chi connectivity index (χ0) is 20.6. The molecule has 0 saturated heterocycles. The quantitative estimate of drug-likeness (QED) is 0.368. The summed E-state index contributed by atoms with van der Waals surface area (Å²) in [7, 11) is 0. The van der Waals surface area contributed by atoms with Gasteiger partial charge in [-0.3, -0.25) is 10.0 Å². The van der Waals surface area contributed by atoms with Crippen LogP contribution in [0.1, 0.15) is 28.9 Å². The van der Waals surface area contributed by atoms with Crippen molar-refractivity contribution in [1.82, 2.24) is 10.8 Å². The van der Waals surface area contributed by atoms with E-state index >= 15 is 0 Å². The number of carbonyl (C=O) groups is 2. The van der Waals surface area contributed by atoms with E-state index in [1.807, 2.05) is 49.4 Å². The van der Waals surface area contributed by atoms with Crippen LogP contribution in [0.5, 0.6) is 11.5 Å². The molecule has 0 aliphatic heterocycles. The van der Waals surface area contributed by atoms with Gasteiger partial charge in [-0.05, 0) is 48.9 Å². The highest BCUT2D eigenvalue weighted by Gasteiger charge is 2.13. The molecule has 0 heterocycles. The van der Waals surface area contributed by atoms with Gasteiger partial charge in [0, 0.05) is 5.56 Å². The molecule has 0 saturated carbocycles. The zero-order valence-electron chi connectivity index (χ0n) is 15.8. The lowest BCUT2D eigenvalue weighted by molar-refractivity contribution is 0.0706. The first-order chi connectivity index (χ1) is 14.1. The van der Waals surface area contributed by atoms with Crippen molar-refractivity contribution in [3.63, 3.8) is 0 Å². The Morgan fingerprint density at radius 3 is 2.24 bits per heavy atom. The highest BCUT2D eigenvalue weighted by molar-refractivity contribution is 5.93. The van der Waals surface area contributed by atoms with Crippen molar-refractivity contribution in [3.05, 3.63) is 90.0 Å². The van der Waals surface area contributed by atoms with Crippen molar-refractivity contribution in [1.29, 1.82) is 0 Å². The smallest absolute Gasteiger partial charge is 0.319 e. The molecule has 0 aromatic heterocycles. The van der Waals surface area contributed by atoms with Gasteiger partial charge in [0.1, 0.15) is 5.75 Å². The Labute approximate surface area is 168 Å². The third kappa shape index (κ3) is 5.33. The van der Waals surface area contributed by atoms with Crippen LogP contribution < -0.4 is 20.9 Å². The molecule has 0 bridgehead atoms. The number of hydrogen-bond donors (Lipinski definition) is 4. The highest BCUT2D eigenvalue weighted by Crippen LogP contribution is 2.29. The van der Waals surface area contributed by atoms with Crippen LogP contribution in [0.15, 0.2) is 78.9 Å². The second-order valence-corrected chi connectivity index (χ2v) is 6.29. The van der Waals surface area contributed by atoms with Crippen molar-refractivity contribution in [2.75, 3.05) is 5.32 Å². The summed E-state index contributed by atoms with van der Waals surface area (Å²) < 4.78 is 5.85. The van der Waals surface area contributed by atoms with Gasteiger partial charge >= 0.3 is 6.03 Å². The average molecular weight is 391 g/mol. The van der Waals surface area contributed by atoms with E-state index in [1.54, 1.807) is 41.9 Å². The normalized spacial score (nSPS) is 11.2. The predicted octanol–water partition coefficient (Wildman–Crippen LogP) is 4.48. The number of hydrogen-bond acceptors (Lipinski definition) is 4. The maximum absolute atomic E-state index is 12.4. The molecule has 7 heteroatoms. The fraction of sp³-hybridized carbons (Fsp3) is 0.0909. The maximum Gasteiger partial charge on any atom is 0.319 e. The molecular weight excluding hydrogens is 370 g/mol. The zero-order valence-corrected chi connectivity index (χ0v) is 15.8. The lowest BCUT2D eigenvalue weighted by Gasteiger charge is -2.17. The minimum absolute atomic E-state index is 0.302. The van der Waals surface area contributed by atoms with Gasteiger partial charge in [-0.15, -0.1) is 0 Å². The largest absolute Gasteiger partial charge is 0.455 e. The summed E-state index contributed by atoms with van der Waals surface area (Å²) in [5.74, 6) is 0.605. The lowest BCUT2D eigenvalue weighted by atomic mass is 10.1. The SMILES string of the molecule is CC(NC(=O)Nc1ccccc1Oc1ccccc1)c1ccc(C(=O)NO)cc1. The average Bonchev–Trinajstić information content (AvgIpc) is 2.75. The summed E-state index contributed by atoms with van der Waals surface area (Å²) in [5.41, 5.74) is 3.25. The first-order valence-corrected chi connectivity index (χ1v) is 9.00. The van der Waals surface area contributed by atoms with Gasteiger partial charge < -0.3 is 15.4 Å². The number of nitrogens with one attached hydrogen (secondary N) is 3. The van der Waals surface area contributed by atoms with Gasteiger partial charge in [0.15, 0.2) is 5.75 Å². The number of amides is 3. The van der Waals surface area contributed by atoms with Crippen LogP contribution in [0.25, 0.3) is 0 Å². The van der Waals surface area contributed by atoms with Crippen LogP contribution in [0.2, 0.25) is 0 Å². The van der Waals surface area contributed by atoms with Crippen molar-refractivity contribution < 1.29 is 19.5 Å². The van der Waals surface area contributed by atoms with Gasteiger partial charge in [-0.25, -0.2) is 10.3 Å². The Bertz CT molecular complexity index is 975.